The van der Waals surface area contributed by atoms with Crippen molar-refractivity contribution in [3.8, 4) is 0 Å². The predicted molar refractivity (Wildman–Crippen MR) is 84.7 cm³/mol. The first-order valence-electron chi connectivity index (χ1n) is 6.87. The van der Waals surface area contributed by atoms with Crippen LogP contribution in [-0.4, -0.2) is 27.1 Å². The molecule has 2 heterocycles. The number of nitrogens with one attached hydrogen (secondary N) is 1. The second-order valence-corrected chi connectivity index (χ2v) is 6.17. The van der Waals surface area contributed by atoms with E-state index < -0.39 is 0 Å². The van der Waals surface area contributed by atoms with Crippen molar-refractivity contribution in [3.63, 3.8) is 0 Å². The Morgan fingerprint density at radius 3 is 3.16 bits per heavy atom. The minimum Gasteiger partial charge on any atom is -0.310 e. The molecular formula is C14H21N3S2. The van der Waals surface area contributed by atoms with Crippen LogP contribution in [0.15, 0.2) is 23.3 Å². The van der Waals surface area contributed by atoms with Gasteiger partial charge in [-0.15, -0.1) is 11.8 Å². The average Bonchev–Trinajstić information content (AvgIpc) is 2.87. The maximum Gasteiger partial charge on any atom is 0.138 e. The van der Waals surface area contributed by atoms with Crippen LogP contribution < -0.4 is 5.32 Å². The molecule has 19 heavy (non-hydrogen) atoms. The summed E-state index contributed by atoms with van der Waals surface area (Å²) in [6.45, 7) is 5.42. The summed E-state index contributed by atoms with van der Waals surface area (Å²) in [4.78, 5) is 0. The number of aromatic nitrogens is 2. The third kappa shape index (κ3) is 4.16. The molecule has 1 aromatic rings. The van der Waals surface area contributed by atoms with Crippen LogP contribution in [0.25, 0.3) is 5.57 Å². The van der Waals surface area contributed by atoms with E-state index in [1.165, 1.54) is 17.3 Å². The zero-order valence-electron chi connectivity index (χ0n) is 11.6. The van der Waals surface area contributed by atoms with Crippen LogP contribution in [0.3, 0.4) is 0 Å². The number of rotatable bonds is 6. The molecule has 2 rings (SSSR count). The highest BCUT2D eigenvalue weighted by atomic mass is 32.2. The van der Waals surface area contributed by atoms with Crippen molar-refractivity contribution in [1.82, 2.24) is 14.1 Å². The minimum atomic E-state index is 0.386. The Hall–Kier alpha value is -0.650. The summed E-state index contributed by atoms with van der Waals surface area (Å²) >= 11 is 3.14. The number of allylic oxidation sites excluding steroid dienone is 2. The summed E-state index contributed by atoms with van der Waals surface area (Å²) in [5.41, 5.74) is 2.40. The molecule has 0 aromatic carbocycles. The van der Waals surface area contributed by atoms with Gasteiger partial charge in [0.25, 0.3) is 0 Å². The molecule has 1 aliphatic heterocycles. The Bertz CT molecular complexity index is 451. The van der Waals surface area contributed by atoms with Gasteiger partial charge >= 0.3 is 0 Å². The van der Waals surface area contributed by atoms with E-state index in [1.807, 2.05) is 11.8 Å². The van der Waals surface area contributed by atoms with Crippen molar-refractivity contribution in [3.05, 3.63) is 23.9 Å². The summed E-state index contributed by atoms with van der Waals surface area (Å²) < 4.78 is 8.93. The van der Waals surface area contributed by atoms with Gasteiger partial charge in [0, 0.05) is 11.8 Å². The smallest absolute Gasteiger partial charge is 0.138 e. The van der Waals surface area contributed by atoms with Gasteiger partial charge in [0.1, 0.15) is 10.7 Å². The number of thioether (sulfide) groups is 1. The molecule has 104 valence electrons. The molecule has 0 saturated carbocycles. The van der Waals surface area contributed by atoms with Crippen LogP contribution in [-0.2, 0) is 0 Å². The zero-order chi connectivity index (χ0) is 13.5. The van der Waals surface area contributed by atoms with Gasteiger partial charge in [-0.2, -0.15) is 8.75 Å². The number of hydrogen-bond donors (Lipinski definition) is 1. The first-order chi connectivity index (χ1) is 9.33. The number of nitrogens with zero attached hydrogens (tertiary/aromatic N) is 2. The summed E-state index contributed by atoms with van der Waals surface area (Å²) in [6.07, 6.45) is 10.1. The lowest BCUT2D eigenvalue weighted by Crippen LogP contribution is -2.31. The Morgan fingerprint density at radius 1 is 1.47 bits per heavy atom. The van der Waals surface area contributed by atoms with E-state index in [1.54, 1.807) is 0 Å². The molecule has 5 heteroatoms. The molecule has 0 amide bonds. The van der Waals surface area contributed by atoms with Crippen LogP contribution >= 0.6 is 23.5 Å². The van der Waals surface area contributed by atoms with Gasteiger partial charge in [-0.1, -0.05) is 25.2 Å². The normalized spacial score (nSPS) is 19.9. The molecule has 1 N–H and O–H groups in total. The Labute approximate surface area is 123 Å². The first kappa shape index (κ1) is 14.8. The van der Waals surface area contributed by atoms with Crippen LogP contribution in [0.1, 0.15) is 38.8 Å². The SMILES string of the molecule is CCC=CCCSc1nsnc1C1=CCCNC1C. The fourth-order valence-electron chi connectivity index (χ4n) is 2.08. The molecule has 1 unspecified atom stereocenters. The van der Waals surface area contributed by atoms with Crippen molar-refractivity contribution in [2.45, 2.75) is 44.2 Å². The topological polar surface area (TPSA) is 37.8 Å². The summed E-state index contributed by atoms with van der Waals surface area (Å²) in [7, 11) is 0. The molecule has 1 aromatic heterocycles. The average molecular weight is 295 g/mol. The largest absolute Gasteiger partial charge is 0.310 e. The second-order valence-electron chi connectivity index (χ2n) is 4.56. The lowest BCUT2D eigenvalue weighted by molar-refractivity contribution is 0.624. The molecule has 0 spiro atoms. The molecule has 1 atom stereocenters. The molecule has 0 fully saturated rings. The van der Waals surface area contributed by atoms with Gasteiger partial charge in [0.15, 0.2) is 0 Å². The maximum absolute atomic E-state index is 4.49. The first-order valence-corrected chi connectivity index (χ1v) is 8.58. The number of hydrogen-bond acceptors (Lipinski definition) is 5. The lowest BCUT2D eigenvalue weighted by Gasteiger charge is -2.21. The highest BCUT2D eigenvalue weighted by Crippen LogP contribution is 2.30. The summed E-state index contributed by atoms with van der Waals surface area (Å²) in [5, 5.41) is 4.57. The molecule has 0 bridgehead atoms. The van der Waals surface area contributed by atoms with Crippen molar-refractivity contribution >= 4 is 29.1 Å². The van der Waals surface area contributed by atoms with Crippen LogP contribution in [0.2, 0.25) is 0 Å². The van der Waals surface area contributed by atoms with E-state index in [2.05, 4.69) is 46.1 Å². The standard InChI is InChI=1S/C14H21N3S2/c1-3-4-5-6-10-18-14-13(16-19-17-14)12-8-7-9-15-11(12)2/h4-5,8,11,15H,3,6-7,9-10H2,1-2H3. The summed E-state index contributed by atoms with van der Waals surface area (Å²) in [6, 6.07) is 0.386. The van der Waals surface area contributed by atoms with Crippen LogP contribution in [0.5, 0.6) is 0 Å². The van der Waals surface area contributed by atoms with Gasteiger partial charge < -0.3 is 5.32 Å². The monoisotopic (exact) mass is 295 g/mol. The Kier molecular flexibility index (Phi) is 6.07. The van der Waals surface area contributed by atoms with E-state index >= 15 is 0 Å². The van der Waals surface area contributed by atoms with E-state index in [4.69, 9.17) is 0 Å². The molecule has 0 saturated heterocycles. The van der Waals surface area contributed by atoms with Crippen LogP contribution in [0, 0.1) is 0 Å². The molecule has 1 aliphatic rings. The second kappa shape index (κ2) is 7.82. The van der Waals surface area contributed by atoms with E-state index in [0.717, 1.165) is 42.3 Å². The lowest BCUT2D eigenvalue weighted by atomic mass is 10.0. The van der Waals surface area contributed by atoms with Crippen molar-refractivity contribution in [2.24, 2.45) is 0 Å². The fourth-order valence-corrected chi connectivity index (χ4v) is 3.67. The Balaban J connectivity index is 1.97. The molecule has 0 aliphatic carbocycles. The van der Waals surface area contributed by atoms with Gasteiger partial charge in [-0.05, 0) is 38.3 Å². The zero-order valence-corrected chi connectivity index (χ0v) is 13.2. The quantitative estimate of drug-likeness (QED) is 0.493. The molecular weight excluding hydrogens is 274 g/mol. The molecule has 3 nitrogen and oxygen atoms in total. The van der Waals surface area contributed by atoms with Gasteiger partial charge in [-0.25, -0.2) is 0 Å². The Morgan fingerprint density at radius 2 is 2.37 bits per heavy atom. The van der Waals surface area contributed by atoms with E-state index in [9.17, 15) is 0 Å². The highest BCUT2D eigenvalue weighted by Gasteiger charge is 2.20. The third-order valence-corrected chi connectivity index (χ3v) is 4.73. The highest BCUT2D eigenvalue weighted by molar-refractivity contribution is 7.99. The summed E-state index contributed by atoms with van der Waals surface area (Å²) in [5.74, 6) is 1.07. The minimum absolute atomic E-state index is 0.386. The van der Waals surface area contributed by atoms with Gasteiger partial charge in [-0.3, -0.25) is 0 Å². The van der Waals surface area contributed by atoms with E-state index in [0.29, 0.717) is 6.04 Å². The van der Waals surface area contributed by atoms with Gasteiger partial charge in [0.05, 0.1) is 11.7 Å². The van der Waals surface area contributed by atoms with Crippen molar-refractivity contribution < 1.29 is 0 Å². The van der Waals surface area contributed by atoms with E-state index in [-0.39, 0.29) is 0 Å². The predicted octanol–water partition coefficient (Wildman–Crippen LogP) is 3.75. The van der Waals surface area contributed by atoms with Crippen molar-refractivity contribution in [1.29, 1.82) is 0 Å². The maximum atomic E-state index is 4.49. The fraction of sp³-hybridized carbons (Fsp3) is 0.571. The third-order valence-electron chi connectivity index (χ3n) is 3.08. The van der Waals surface area contributed by atoms with Gasteiger partial charge in [0.2, 0.25) is 0 Å². The van der Waals surface area contributed by atoms with Crippen molar-refractivity contribution in [2.75, 3.05) is 12.3 Å². The van der Waals surface area contributed by atoms with Crippen LogP contribution in [0.4, 0.5) is 0 Å². The molecule has 0 radical (unpaired) electrons.